The van der Waals surface area contributed by atoms with E-state index in [1.165, 1.54) is 270 Å². The fourth-order valence-corrected chi connectivity index (χ4v) is 9.40. The van der Waals surface area contributed by atoms with Gasteiger partial charge in [0.15, 0.2) is 0 Å². The monoisotopic (exact) mass is 890 g/mol. The molecule has 376 valence electrons. The van der Waals surface area contributed by atoms with Gasteiger partial charge in [0.05, 0.1) is 31.3 Å². The molecular formula is C58H115NO4. The van der Waals surface area contributed by atoms with E-state index in [9.17, 15) is 20.1 Å². The van der Waals surface area contributed by atoms with Gasteiger partial charge in [-0.3, -0.25) is 4.79 Å². The minimum Gasteiger partial charge on any atom is -0.394 e. The van der Waals surface area contributed by atoms with Crippen molar-refractivity contribution >= 4 is 5.91 Å². The Hall–Kier alpha value is -0.910. The Labute approximate surface area is 395 Å². The smallest absolute Gasteiger partial charge is 0.222 e. The predicted octanol–water partition coefficient (Wildman–Crippen LogP) is 17.9. The lowest BCUT2D eigenvalue weighted by atomic mass is 10.0. The first-order valence-corrected chi connectivity index (χ1v) is 29.0. The molecule has 0 aliphatic rings. The van der Waals surface area contributed by atoms with Gasteiger partial charge in [-0.2, -0.15) is 0 Å². The lowest BCUT2D eigenvalue weighted by Gasteiger charge is -2.23. The molecular weight excluding hydrogens is 775 g/mol. The zero-order valence-electron chi connectivity index (χ0n) is 43.0. The second-order valence-electron chi connectivity index (χ2n) is 20.3. The van der Waals surface area contributed by atoms with Crippen LogP contribution in [0.3, 0.4) is 0 Å². The fraction of sp³-hybridized carbons (Fsp3) is 0.948. The van der Waals surface area contributed by atoms with Crippen molar-refractivity contribution in [1.29, 1.82) is 0 Å². The third-order valence-electron chi connectivity index (χ3n) is 13.8. The lowest BCUT2D eigenvalue weighted by molar-refractivity contribution is -0.125. The number of rotatable bonds is 54. The Kier molecular flexibility index (Phi) is 52.9. The second kappa shape index (κ2) is 53.7. The van der Waals surface area contributed by atoms with Crippen LogP contribution in [0.15, 0.2) is 12.2 Å². The number of allylic oxidation sites excluding steroid dienone is 2. The zero-order chi connectivity index (χ0) is 45.8. The molecule has 0 saturated carbocycles. The molecule has 0 radical (unpaired) electrons. The van der Waals surface area contributed by atoms with Gasteiger partial charge in [-0.25, -0.2) is 0 Å². The van der Waals surface area contributed by atoms with Gasteiger partial charge in [-0.15, -0.1) is 0 Å². The Morgan fingerprint density at radius 3 is 0.921 bits per heavy atom. The molecule has 0 aromatic heterocycles. The average Bonchev–Trinajstić information content (AvgIpc) is 3.28. The van der Waals surface area contributed by atoms with Gasteiger partial charge >= 0.3 is 0 Å². The van der Waals surface area contributed by atoms with E-state index < -0.39 is 18.2 Å². The van der Waals surface area contributed by atoms with E-state index in [1.807, 2.05) is 0 Å². The second-order valence-corrected chi connectivity index (χ2v) is 20.3. The van der Waals surface area contributed by atoms with Crippen LogP contribution in [0.2, 0.25) is 0 Å². The molecule has 63 heavy (non-hydrogen) atoms. The molecule has 3 unspecified atom stereocenters. The van der Waals surface area contributed by atoms with E-state index in [1.54, 1.807) is 0 Å². The SMILES string of the molecule is CCCCCCCCCCCCCCCCCC/C=C\CCCCCCCCCCCCCCCCCC(O)CC(=O)NC(CO)C(O)CCCCCCCCCCCCCCC. The van der Waals surface area contributed by atoms with Gasteiger partial charge in [0.1, 0.15) is 0 Å². The number of aliphatic hydroxyl groups is 3. The van der Waals surface area contributed by atoms with Gasteiger partial charge in [-0.1, -0.05) is 296 Å². The van der Waals surface area contributed by atoms with Crippen LogP contribution in [0.25, 0.3) is 0 Å². The number of aliphatic hydroxyl groups excluding tert-OH is 3. The van der Waals surface area contributed by atoms with Crippen molar-refractivity contribution in [3.8, 4) is 0 Å². The van der Waals surface area contributed by atoms with Crippen molar-refractivity contribution in [1.82, 2.24) is 5.32 Å². The molecule has 0 fully saturated rings. The molecule has 1 amide bonds. The number of amides is 1. The molecule has 0 aromatic rings. The normalized spacial score (nSPS) is 13.3. The highest BCUT2D eigenvalue weighted by atomic mass is 16.3. The molecule has 0 heterocycles. The maximum Gasteiger partial charge on any atom is 0.222 e. The third kappa shape index (κ3) is 50.3. The van der Waals surface area contributed by atoms with Gasteiger partial charge in [0, 0.05) is 0 Å². The van der Waals surface area contributed by atoms with Gasteiger partial charge in [-0.05, 0) is 38.5 Å². The van der Waals surface area contributed by atoms with E-state index in [4.69, 9.17) is 0 Å². The maximum absolute atomic E-state index is 12.5. The summed E-state index contributed by atoms with van der Waals surface area (Å²) >= 11 is 0. The van der Waals surface area contributed by atoms with E-state index in [-0.39, 0.29) is 18.9 Å². The Bertz CT molecular complexity index is 894. The highest BCUT2D eigenvalue weighted by molar-refractivity contribution is 5.76. The van der Waals surface area contributed by atoms with Crippen molar-refractivity contribution in [3.05, 3.63) is 12.2 Å². The summed E-state index contributed by atoms with van der Waals surface area (Å²) in [5.74, 6) is -0.278. The summed E-state index contributed by atoms with van der Waals surface area (Å²) in [6.45, 7) is 4.29. The Balaban J connectivity index is 3.43. The molecule has 0 aliphatic carbocycles. The van der Waals surface area contributed by atoms with Gasteiger partial charge in [0.25, 0.3) is 0 Å². The molecule has 0 bridgehead atoms. The van der Waals surface area contributed by atoms with E-state index in [0.717, 1.165) is 25.7 Å². The summed E-state index contributed by atoms with van der Waals surface area (Å²) in [6.07, 6.45) is 66.8. The number of nitrogens with one attached hydrogen (secondary N) is 1. The van der Waals surface area contributed by atoms with Crippen LogP contribution in [-0.2, 0) is 4.79 Å². The largest absolute Gasteiger partial charge is 0.394 e. The van der Waals surface area contributed by atoms with Crippen molar-refractivity contribution in [2.24, 2.45) is 0 Å². The van der Waals surface area contributed by atoms with Crippen molar-refractivity contribution in [3.63, 3.8) is 0 Å². The molecule has 4 N–H and O–H groups in total. The first-order chi connectivity index (χ1) is 31.0. The van der Waals surface area contributed by atoms with Crippen LogP contribution in [0, 0.1) is 0 Å². The topological polar surface area (TPSA) is 89.8 Å². The molecule has 0 saturated heterocycles. The summed E-state index contributed by atoms with van der Waals surface area (Å²) in [5, 5.41) is 33.5. The summed E-state index contributed by atoms with van der Waals surface area (Å²) in [6, 6.07) is -0.655. The van der Waals surface area contributed by atoms with Crippen LogP contribution >= 0.6 is 0 Å². The first kappa shape index (κ1) is 62.1. The molecule has 0 spiro atoms. The van der Waals surface area contributed by atoms with Crippen LogP contribution < -0.4 is 5.32 Å². The van der Waals surface area contributed by atoms with E-state index in [0.29, 0.717) is 12.8 Å². The number of carbonyl (C=O) groups excluding carboxylic acids is 1. The maximum atomic E-state index is 12.5. The van der Waals surface area contributed by atoms with Gasteiger partial charge in [0.2, 0.25) is 5.91 Å². The van der Waals surface area contributed by atoms with Crippen molar-refractivity contribution in [2.75, 3.05) is 6.61 Å². The minimum atomic E-state index is -0.746. The molecule has 3 atom stereocenters. The summed E-state index contributed by atoms with van der Waals surface area (Å²) in [4.78, 5) is 12.5. The van der Waals surface area contributed by atoms with Crippen LogP contribution in [0.5, 0.6) is 0 Å². The first-order valence-electron chi connectivity index (χ1n) is 29.0. The third-order valence-corrected chi connectivity index (χ3v) is 13.8. The standard InChI is InChI=1S/C58H115NO4/c1-3-5-7-9-11-13-15-17-18-19-20-21-22-23-24-25-26-27-28-29-30-31-32-33-34-35-36-37-38-40-41-43-45-47-49-51-55(61)53-58(63)59-56(54-60)57(62)52-50-48-46-44-42-39-16-14-12-10-8-6-4-2/h27-28,55-57,60-62H,3-26,29-54H2,1-2H3,(H,59,63)/b28-27-. The van der Waals surface area contributed by atoms with E-state index >= 15 is 0 Å². The number of hydrogen-bond acceptors (Lipinski definition) is 4. The van der Waals surface area contributed by atoms with E-state index in [2.05, 4.69) is 31.3 Å². The minimum absolute atomic E-state index is 0.0409. The summed E-state index contributed by atoms with van der Waals surface area (Å²) in [5.41, 5.74) is 0. The molecule has 0 rings (SSSR count). The van der Waals surface area contributed by atoms with Crippen molar-refractivity contribution in [2.45, 2.75) is 347 Å². The van der Waals surface area contributed by atoms with Gasteiger partial charge < -0.3 is 20.6 Å². The summed E-state index contributed by atoms with van der Waals surface area (Å²) < 4.78 is 0. The predicted molar refractivity (Wildman–Crippen MR) is 278 cm³/mol. The molecule has 5 heteroatoms. The Morgan fingerprint density at radius 2 is 0.635 bits per heavy atom. The highest BCUT2D eigenvalue weighted by Gasteiger charge is 2.21. The van der Waals surface area contributed by atoms with Crippen LogP contribution in [0.1, 0.15) is 328 Å². The highest BCUT2D eigenvalue weighted by Crippen LogP contribution is 2.18. The fourth-order valence-electron chi connectivity index (χ4n) is 9.40. The quantitative estimate of drug-likeness (QED) is 0.0362. The van der Waals surface area contributed by atoms with Crippen LogP contribution in [0.4, 0.5) is 0 Å². The zero-order valence-corrected chi connectivity index (χ0v) is 43.0. The summed E-state index contributed by atoms with van der Waals surface area (Å²) in [7, 11) is 0. The molecule has 0 aromatic carbocycles. The molecule has 5 nitrogen and oxygen atoms in total. The Morgan fingerprint density at radius 1 is 0.381 bits per heavy atom. The average molecular weight is 891 g/mol. The molecule has 0 aliphatic heterocycles. The number of hydrogen-bond donors (Lipinski definition) is 4. The lowest BCUT2D eigenvalue weighted by Crippen LogP contribution is -2.46. The van der Waals surface area contributed by atoms with Crippen molar-refractivity contribution < 1.29 is 20.1 Å². The number of carbonyl (C=O) groups is 1. The number of unbranched alkanes of at least 4 members (excludes halogenated alkanes) is 43. The van der Waals surface area contributed by atoms with Crippen LogP contribution in [-0.4, -0.2) is 46.1 Å².